The van der Waals surface area contributed by atoms with Crippen molar-refractivity contribution in [2.75, 3.05) is 37.7 Å². The van der Waals surface area contributed by atoms with Gasteiger partial charge in [-0.15, -0.1) is 0 Å². The molecule has 0 bridgehead atoms. The Morgan fingerprint density at radius 2 is 1.80 bits per heavy atom. The SMILES string of the molecule is O=C(COc1ccc2ccccc2c1)N1CCN(c2nc3ccc(Cl)cc3s2)CC1. The van der Waals surface area contributed by atoms with E-state index in [1.54, 1.807) is 11.3 Å². The van der Waals surface area contributed by atoms with E-state index in [0.29, 0.717) is 18.8 Å². The molecule has 0 unspecified atom stereocenters. The standard InChI is InChI=1S/C23H20ClN3O2S/c24-18-6-8-20-21(14-18)30-23(25-20)27-11-9-26(10-12-27)22(28)15-29-19-7-5-16-3-1-2-4-17(16)13-19/h1-8,13-14H,9-12,15H2. The number of halogens is 1. The van der Waals surface area contributed by atoms with Gasteiger partial charge >= 0.3 is 0 Å². The summed E-state index contributed by atoms with van der Waals surface area (Å²) in [6, 6.07) is 19.8. The average molecular weight is 438 g/mol. The number of carbonyl (C=O) groups is 1. The zero-order chi connectivity index (χ0) is 20.5. The first-order valence-corrected chi connectivity index (χ1v) is 11.1. The Balaban J connectivity index is 1.17. The molecule has 1 aliphatic heterocycles. The van der Waals surface area contributed by atoms with E-state index in [0.717, 1.165) is 44.2 Å². The molecule has 1 aromatic heterocycles. The number of hydrogen-bond donors (Lipinski definition) is 0. The van der Waals surface area contributed by atoms with Crippen LogP contribution in [0.2, 0.25) is 5.02 Å². The minimum absolute atomic E-state index is 0.0129. The molecule has 0 saturated carbocycles. The number of piperazine rings is 1. The first-order chi connectivity index (χ1) is 14.7. The van der Waals surface area contributed by atoms with Crippen LogP contribution >= 0.6 is 22.9 Å². The third-order valence-electron chi connectivity index (χ3n) is 5.33. The van der Waals surface area contributed by atoms with E-state index >= 15 is 0 Å². The Labute approximate surface area is 183 Å². The lowest BCUT2D eigenvalue weighted by atomic mass is 10.1. The largest absolute Gasteiger partial charge is 0.484 e. The van der Waals surface area contributed by atoms with Gasteiger partial charge in [-0.3, -0.25) is 4.79 Å². The maximum atomic E-state index is 12.6. The zero-order valence-corrected chi connectivity index (χ0v) is 17.8. The van der Waals surface area contributed by atoms with Crippen molar-refractivity contribution in [3.05, 3.63) is 65.7 Å². The molecule has 0 aliphatic carbocycles. The molecule has 0 atom stereocenters. The number of fused-ring (bicyclic) bond motifs is 2. The summed E-state index contributed by atoms with van der Waals surface area (Å²) in [7, 11) is 0. The van der Waals surface area contributed by atoms with E-state index in [1.165, 1.54) is 0 Å². The van der Waals surface area contributed by atoms with Crippen molar-refractivity contribution in [3.8, 4) is 5.75 Å². The summed E-state index contributed by atoms with van der Waals surface area (Å²) in [6.07, 6.45) is 0. The first kappa shape index (κ1) is 19.2. The molecular formula is C23H20ClN3O2S. The highest BCUT2D eigenvalue weighted by Gasteiger charge is 2.23. The second-order valence-electron chi connectivity index (χ2n) is 7.27. The van der Waals surface area contributed by atoms with Crippen LogP contribution < -0.4 is 9.64 Å². The van der Waals surface area contributed by atoms with Crippen LogP contribution in [0.15, 0.2) is 60.7 Å². The van der Waals surface area contributed by atoms with Gasteiger partial charge in [-0.05, 0) is 41.1 Å². The van der Waals surface area contributed by atoms with Crippen LogP contribution in [-0.2, 0) is 4.79 Å². The summed E-state index contributed by atoms with van der Waals surface area (Å²) in [4.78, 5) is 21.4. The van der Waals surface area contributed by atoms with E-state index in [9.17, 15) is 4.79 Å². The van der Waals surface area contributed by atoms with Crippen LogP contribution in [0, 0.1) is 0 Å². The van der Waals surface area contributed by atoms with E-state index in [1.807, 2.05) is 59.5 Å². The number of ether oxygens (including phenoxy) is 1. The Bertz CT molecular complexity index is 1220. The summed E-state index contributed by atoms with van der Waals surface area (Å²) < 4.78 is 6.85. The summed E-state index contributed by atoms with van der Waals surface area (Å²) in [6.45, 7) is 2.90. The van der Waals surface area contributed by atoms with E-state index in [2.05, 4.69) is 11.0 Å². The monoisotopic (exact) mass is 437 g/mol. The molecule has 0 spiro atoms. The first-order valence-electron chi connectivity index (χ1n) is 9.86. The summed E-state index contributed by atoms with van der Waals surface area (Å²) in [5, 5.41) is 3.96. The van der Waals surface area contributed by atoms with Gasteiger partial charge in [0.15, 0.2) is 11.7 Å². The number of carbonyl (C=O) groups excluding carboxylic acids is 1. The lowest BCUT2D eigenvalue weighted by Crippen LogP contribution is -2.50. The molecule has 30 heavy (non-hydrogen) atoms. The van der Waals surface area contributed by atoms with Crippen LogP contribution in [0.4, 0.5) is 5.13 Å². The molecule has 4 aromatic rings. The fourth-order valence-electron chi connectivity index (χ4n) is 3.66. The maximum absolute atomic E-state index is 12.6. The van der Waals surface area contributed by atoms with Crippen LogP contribution in [-0.4, -0.2) is 48.6 Å². The van der Waals surface area contributed by atoms with Gasteiger partial charge in [0, 0.05) is 31.2 Å². The van der Waals surface area contributed by atoms with Gasteiger partial charge in [-0.25, -0.2) is 4.98 Å². The Kier molecular flexibility index (Phi) is 5.19. The normalized spacial score (nSPS) is 14.4. The predicted molar refractivity (Wildman–Crippen MR) is 123 cm³/mol. The van der Waals surface area contributed by atoms with Gasteiger partial charge in [-0.2, -0.15) is 0 Å². The molecule has 0 radical (unpaired) electrons. The van der Waals surface area contributed by atoms with Gasteiger partial charge in [-0.1, -0.05) is 53.3 Å². The Morgan fingerprint density at radius 3 is 2.63 bits per heavy atom. The van der Waals surface area contributed by atoms with Crippen molar-refractivity contribution >= 4 is 55.0 Å². The van der Waals surface area contributed by atoms with Crippen molar-refractivity contribution in [2.45, 2.75) is 0 Å². The number of nitrogens with zero attached hydrogens (tertiary/aromatic N) is 3. The zero-order valence-electron chi connectivity index (χ0n) is 16.3. The van der Waals surface area contributed by atoms with Crippen molar-refractivity contribution in [1.82, 2.24) is 9.88 Å². The topological polar surface area (TPSA) is 45.7 Å². The number of benzene rings is 3. The third kappa shape index (κ3) is 3.93. The van der Waals surface area contributed by atoms with E-state index < -0.39 is 0 Å². The molecule has 152 valence electrons. The summed E-state index contributed by atoms with van der Waals surface area (Å²) >= 11 is 7.72. The predicted octanol–water partition coefficient (Wildman–Crippen LogP) is 4.83. The van der Waals surface area contributed by atoms with Crippen molar-refractivity contribution < 1.29 is 9.53 Å². The highest BCUT2D eigenvalue weighted by Crippen LogP contribution is 2.31. The average Bonchev–Trinajstić information content (AvgIpc) is 3.20. The number of amides is 1. The fourth-order valence-corrected chi connectivity index (χ4v) is 4.96. The van der Waals surface area contributed by atoms with Gasteiger partial charge in [0.05, 0.1) is 10.2 Å². The van der Waals surface area contributed by atoms with Gasteiger partial charge < -0.3 is 14.5 Å². The smallest absolute Gasteiger partial charge is 0.260 e. The molecule has 5 nitrogen and oxygen atoms in total. The van der Waals surface area contributed by atoms with Crippen LogP contribution in [0.1, 0.15) is 0 Å². The number of anilines is 1. The maximum Gasteiger partial charge on any atom is 0.260 e. The van der Waals surface area contributed by atoms with Gasteiger partial charge in [0.2, 0.25) is 0 Å². The molecular weight excluding hydrogens is 418 g/mol. The highest BCUT2D eigenvalue weighted by atomic mass is 35.5. The molecule has 0 N–H and O–H groups in total. The second kappa shape index (κ2) is 8.13. The summed E-state index contributed by atoms with van der Waals surface area (Å²) in [5.74, 6) is 0.729. The van der Waals surface area contributed by atoms with Gasteiger partial charge in [0.25, 0.3) is 5.91 Å². The Morgan fingerprint density at radius 1 is 1.00 bits per heavy atom. The molecule has 2 heterocycles. The van der Waals surface area contributed by atoms with Crippen molar-refractivity contribution in [1.29, 1.82) is 0 Å². The number of rotatable bonds is 4. The molecule has 3 aromatic carbocycles. The minimum Gasteiger partial charge on any atom is -0.484 e. The second-order valence-corrected chi connectivity index (χ2v) is 8.72. The van der Waals surface area contributed by atoms with Gasteiger partial charge in [0.1, 0.15) is 5.75 Å². The van der Waals surface area contributed by atoms with Crippen molar-refractivity contribution in [3.63, 3.8) is 0 Å². The molecule has 1 fully saturated rings. The molecule has 7 heteroatoms. The number of thiazole rings is 1. The third-order valence-corrected chi connectivity index (χ3v) is 6.64. The fraction of sp³-hybridized carbons (Fsp3) is 0.217. The highest BCUT2D eigenvalue weighted by molar-refractivity contribution is 7.22. The van der Waals surface area contributed by atoms with E-state index in [4.69, 9.17) is 21.3 Å². The number of hydrogen-bond acceptors (Lipinski definition) is 5. The van der Waals surface area contributed by atoms with Crippen LogP contribution in [0.5, 0.6) is 5.75 Å². The molecule has 1 amide bonds. The minimum atomic E-state index is 0.0129. The lowest BCUT2D eigenvalue weighted by molar-refractivity contribution is -0.133. The van der Waals surface area contributed by atoms with E-state index in [-0.39, 0.29) is 12.5 Å². The van der Waals surface area contributed by atoms with Crippen LogP contribution in [0.25, 0.3) is 21.0 Å². The quantitative estimate of drug-likeness (QED) is 0.458. The number of aromatic nitrogens is 1. The Hall–Kier alpha value is -2.83. The van der Waals surface area contributed by atoms with Crippen molar-refractivity contribution in [2.24, 2.45) is 0 Å². The van der Waals surface area contributed by atoms with Crippen LogP contribution in [0.3, 0.4) is 0 Å². The lowest BCUT2D eigenvalue weighted by Gasteiger charge is -2.34. The molecule has 1 aliphatic rings. The molecule has 5 rings (SSSR count). The summed E-state index contributed by atoms with van der Waals surface area (Å²) in [5.41, 5.74) is 0.960. The molecule has 1 saturated heterocycles.